The molecule has 1 amide bonds. The van der Waals surface area contributed by atoms with Crippen molar-refractivity contribution in [2.75, 3.05) is 13.1 Å². The lowest BCUT2D eigenvalue weighted by atomic mass is 9.99. The number of para-hydroxylation sites is 1. The number of carbonyl (C=O) groups is 1. The van der Waals surface area contributed by atoms with Gasteiger partial charge in [0.05, 0.1) is 11.4 Å². The predicted octanol–water partition coefficient (Wildman–Crippen LogP) is 2.22. The summed E-state index contributed by atoms with van der Waals surface area (Å²) >= 11 is 0. The number of allylic oxidation sites excluding steroid dienone is 1. The van der Waals surface area contributed by atoms with Crippen molar-refractivity contribution in [1.29, 1.82) is 0 Å². The molecule has 0 spiro atoms. The Kier molecular flexibility index (Phi) is 2.10. The van der Waals surface area contributed by atoms with E-state index in [0.29, 0.717) is 23.2 Å². The lowest BCUT2D eigenvalue weighted by Crippen LogP contribution is -2.46. The molecule has 5 rings (SSSR count). The Balaban J connectivity index is 1.60. The smallest absolute Gasteiger partial charge is 0.281 e. The van der Waals surface area contributed by atoms with Gasteiger partial charge < -0.3 is 14.3 Å². The molecule has 5 heteroatoms. The molecule has 0 aliphatic carbocycles. The minimum absolute atomic E-state index is 0.0137. The van der Waals surface area contributed by atoms with Crippen LogP contribution in [0.5, 0.6) is 0 Å². The number of carbonyl (C=O) groups excluding carboxylic acids is 1. The van der Waals surface area contributed by atoms with Crippen LogP contribution >= 0.6 is 0 Å². The zero-order chi connectivity index (χ0) is 14.0. The van der Waals surface area contributed by atoms with Gasteiger partial charge in [-0.05, 0) is 25.0 Å². The van der Waals surface area contributed by atoms with Crippen molar-refractivity contribution >= 4 is 16.9 Å². The van der Waals surface area contributed by atoms with E-state index in [1.54, 1.807) is 0 Å². The molecule has 2 atom stereocenters. The van der Waals surface area contributed by atoms with Crippen LogP contribution in [0.3, 0.4) is 0 Å². The second-order valence-corrected chi connectivity index (χ2v) is 6.13. The lowest BCUT2D eigenvalue weighted by Gasteiger charge is -2.38. The Bertz CT molecular complexity index is 777. The minimum atomic E-state index is -0.0137. The molecule has 3 aliphatic heterocycles. The average Bonchev–Trinajstić information content (AvgIpc) is 2.96. The summed E-state index contributed by atoms with van der Waals surface area (Å²) < 4.78 is 5.29. The van der Waals surface area contributed by atoms with Gasteiger partial charge >= 0.3 is 0 Å². The van der Waals surface area contributed by atoms with Crippen LogP contribution in [-0.2, 0) is 0 Å². The van der Waals surface area contributed by atoms with Crippen LogP contribution < -0.4 is 0 Å². The summed E-state index contributed by atoms with van der Waals surface area (Å²) in [5, 5.41) is 4.83. The summed E-state index contributed by atoms with van der Waals surface area (Å²) in [5.41, 5.74) is 2.29. The van der Waals surface area contributed by atoms with E-state index in [9.17, 15) is 4.79 Å². The number of benzene rings is 1. The van der Waals surface area contributed by atoms with Crippen LogP contribution in [0.1, 0.15) is 23.3 Å². The van der Waals surface area contributed by atoms with Crippen molar-refractivity contribution in [3.8, 4) is 0 Å². The van der Waals surface area contributed by atoms with E-state index >= 15 is 0 Å². The molecule has 4 heterocycles. The first-order valence-electron chi connectivity index (χ1n) is 7.45. The Morgan fingerprint density at radius 1 is 1.33 bits per heavy atom. The van der Waals surface area contributed by atoms with E-state index < -0.39 is 0 Å². The summed E-state index contributed by atoms with van der Waals surface area (Å²) in [4.78, 5) is 17.3. The fourth-order valence-corrected chi connectivity index (χ4v) is 3.98. The molecule has 0 N–H and O–H groups in total. The maximum Gasteiger partial charge on any atom is 0.281 e. The molecule has 3 bridgehead atoms. The third-order valence-electron chi connectivity index (χ3n) is 4.94. The van der Waals surface area contributed by atoms with Gasteiger partial charge in [0.1, 0.15) is 0 Å². The molecule has 5 nitrogen and oxygen atoms in total. The molecule has 3 aliphatic rings. The molecule has 0 saturated carbocycles. The molecule has 1 saturated heterocycles. The molecule has 1 fully saturated rings. The molecule has 0 radical (unpaired) electrons. The van der Waals surface area contributed by atoms with Crippen LogP contribution in [0, 0.1) is 5.92 Å². The number of nitrogens with zero attached hydrogens (tertiary/aromatic N) is 3. The van der Waals surface area contributed by atoms with Crippen LogP contribution in [0.4, 0.5) is 0 Å². The predicted molar refractivity (Wildman–Crippen MR) is 76.3 cm³/mol. The highest BCUT2D eigenvalue weighted by Crippen LogP contribution is 2.43. The second kappa shape index (κ2) is 3.87. The molecule has 2 aromatic rings. The van der Waals surface area contributed by atoms with Crippen LogP contribution in [0.2, 0.25) is 0 Å². The van der Waals surface area contributed by atoms with Gasteiger partial charge in [-0.15, -0.1) is 0 Å². The number of amides is 1. The van der Waals surface area contributed by atoms with Crippen molar-refractivity contribution in [1.82, 2.24) is 15.0 Å². The standard InChI is InChI=1S/C16H15N3O2/c20-16(15-12-3-1-2-4-14(12)21-17-15)19-11-7-10-5-6-18(8-11)9-13(10)19/h1-4,9-11H,5-8H2/t10-,11-/m1/s1. The number of rotatable bonds is 1. The van der Waals surface area contributed by atoms with Gasteiger partial charge in [-0.25, -0.2) is 0 Å². The monoisotopic (exact) mass is 281 g/mol. The van der Waals surface area contributed by atoms with Gasteiger partial charge in [-0.3, -0.25) is 4.79 Å². The van der Waals surface area contributed by atoms with Gasteiger partial charge in [0, 0.05) is 30.9 Å². The van der Waals surface area contributed by atoms with E-state index in [1.807, 2.05) is 29.2 Å². The topological polar surface area (TPSA) is 49.6 Å². The molecular formula is C16H15N3O2. The molecule has 21 heavy (non-hydrogen) atoms. The van der Waals surface area contributed by atoms with Gasteiger partial charge in [0.2, 0.25) is 0 Å². The highest BCUT2D eigenvalue weighted by Gasteiger charge is 2.46. The van der Waals surface area contributed by atoms with Crippen LogP contribution in [-0.4, -0.2) is 40.0 Å². The molecule has 106 valence electrons. The fourth-order valence-electron chi connectivity index (χ4n) is 3.98. The average molecular weight is 281 g/mol. The number of fused-ring (bicyclic) bond motifs is 3. The maximum absolute atomic E-state index is 13.0. The maximum atomic E-state index is 13.0. The van der Waals surface area contributed by atoms with Gasteiger partial charge in [0.25, 0.3) is 5.91 Å². The minimum Gasteiger partial charge on any atom is -0.374 e. The largest absolute Gasteiger partial charge is 0.374 e. The number of hydrogen-bond donors (Lipinski definition) is 0. The Hall–Kier alpha value is -2.30. The van der Waals surface area contributed by atoms with E-state index in [2.05, 4.69) is 16.3 Å². The van der Waals surface area contributed by atoms with Crippen molar-refractivity contribution in [2.24, 2.45) is 5.92 Å². The van der Waals surface area contributed by atoms with E-state index in [1.165, 1.54) is 5.70 Å². The molecule has 1 aromatic carbocycles. The first-order valence-corrected chi connectivity index (χ1v) is 7.45. The zero-order valence-electron chi connectivity index (χ0n) is 11.5. The van der Waals surface area contributed by atoms with Crippen molar-refractivity contribution in [3.63, 3.8) is 0 Å². The third-order valence-corrected chi connectivity index (χ3v) is 4.94. The number of aromatic nitrogens is 1. The summed E-state index contributed by atoms with van der Waals surface area (Å²) in [6, 6.07) is 7.83. The van der Waals surface area contributed by atoms with Crippen molar-refractivity contribution in [3.05, 3.63) is 41.9 Å². The number of hydrogen-bond acceptors (Lipinski definition) is 4. The van der Waals surface area contributed by atoms with E-state index in [4.69, 9.17) is 4.52 Å². The fraction of sp³-hybridized carbons (Fsp3) is 0.375. The van der Waals surface area contributed by atoms with Gasteiger partial charge in [-0.1, -0.05) is 17.3 Å². The molecule has 1 aromatic heterocycles. The summed E-state index contributed by atoms with van der Waals surface area (Å²) in [6.07, 6.45) is 4.41. The third kappa shape index (κ3) is 1.46. The second-order valence-electron chi connectivity index (χ2n) is 6.13. The molecule has 0 unspecified atom stereocenters. The van der Waals surface area contributed by atoms with Crippen LogP contribution in [0.25, 0.3) is 11.0 Å². The summed E-state index contributed by atoms with van der Waals surface area (Å²) in [6.45, 7) is 2.07. The zero-order valence-corrected chi connectivity index (χ0v) is 11.5. The Morgan fingerprint density at radius 2 is 2.24 bits per heavy atom. The SMILES string of the molecule is O=C(c1noc2ccccc12)N1C2=CN3CC[C@@H]2C[C@@H]1C3. The molecular weight excluding hydrogens is 266 g/mol. The first kappa shape index (κ1) is 11.4. The first-order chi connectivity index (χ1) is 10.3. The van der Waals surface area contributed by atoms with Crippen molar-refractivity contribution in [2.45, 2.75) is 18.9 Å². The van der Waals surface area contributed by atoms with E-state index in [0.717, 1.165) is 31.3 Å². The highest BCUT2D eigenvalue weighted by molar-refractivity contribution is 6.05. The summed E-state index contributed by atoms with van der Waals surface area (Å²) in [5.74, 6) is 0.524. The van der Waals surface area contributed by atoms with Gasteiger partial charge in [-0.2, -0.15) is 0 Å². The van der Waals surface area contributed by atoms with Crippen LogP contribution in [0.15, 0.2) is 40.7 Å². The quantitative estimate of drug-likeness (QED) is 0.804. The Morgan fingerprint density at radius 3 is 3.19 bits per heavy atom. The lowest BCUT2D eigenvalue weighted by molar-refractivity contribution is 0.0712. The Labute approximate surface area is 121 Å². The van der Waals surface area contributed by atoms with Crippen molar-refractivity contribution < 1.29 is 9.32 Å². The van der Waals surface area contributed by atoms with E-state index in [-0.39, 0.29) is 5.91 Å². The normalized spacial score (nSPS) is 26.6. The highest BCUT2D eigenvalue weighted by atomic mass is 16.5. The summed E-state index contributed by atoms with van der Waals surface area (Å²) in [7, 11) is 0. The van der Waals surface area contributed by atoms with Gasteiger partial charge in [0.15, 0.2) is 11.3 Å².